The fraction of sp³-hybridized carbons (Fsp3) is 0.143. The molecule has 3 aromatic rings. The highest BCUT2D eigenvalue weighted by Gasteiger charge is 2.22. The van der Waals surface area contributed by atoms with Gasteiger partial charge in [-0.25, -0.2) is 15.2 Å². The maximum atomic E-state index is 12.7. The molecular weight excluding hydrogens is 546 g/mol. The normalized spacial score (nSPS) is 11.8. The molecule has 11 heteroatoms. The van der Waals surface area contributed by atoms with Crippen LogP contribution in [0.4, 0.5) is 4.79 Å². The van der Waals surface area contributed by atoms with Gasteiger partial charge in [0.15, 0.2) is 0 Å². The number of aromatic hydroxyl groups is 1. The molecule has 2 amide bonds. The fourth-order valence-electron chi connectivity index (χ4n) is 2.66. The standard InChI is InChI=1S/C21H19Br2N5O4/c22-15-6-14(19(29)17(23)7-15)9-26-28-20(30)18(8-16-10-24-12-25-16)27-21(31)32-11-13-4-2-1-3-5-13/h1-7,9-10,12,18,29H,8,11H2,(H,24,25)(H,27,31)(H,28,30)/b26-9-/t18-/m1/s1. The molecule has 0 unspecified atom stereocenters. The minimum atomic E-state index is -0.973. The number of halogens is 2. The Bertz CT molecular complexity index is 1090. The van der Waals surface area contributed by atoms with E-state index in [-0.39, 0.29) is 18.8 Å². The number of carbonyl (C=O) groups is 2. The van der Waals surface area contributed by atoms with Gasteiger partial charge in [-0.05, 0) is 33.6 Å². The number of amides is 2. The van der Waals surface area contributed by atoms with E-state index in [1.165, 1.54) is 12.5 Å². The first-order valence-corrected chi connectivity index (χ1v) is 11.0. The quantitative estimate of drug-likeness (QED) is 0.245. The van der Waals surface area contributed by atoms with Crippen molar-refractivity contribution in [3.8, 4) is 5.75 Å². The number of phenolic OH excluding ortho intramolecular Hbond substituents is 1. The van der Waals surface area contributed by atoms with Crippen molar-refractivity contribution in [1.29, 1.82) is 0 Å². The van der Waals surface area contributed by atoms with Gasteiger partial charge >= 0.3 is 6.09 Å². The molecule has 2 aromatic carbocycles. The first kappa shape index (κ1) is 23.5. The van der Waals surface area contributed by atoms with E-state index in [0.717, 1.165) is 10.0 Å². The summed E-state index contributed by atoms with van der Waals surface area (Å²) in [5.41, 5.74) is 4.22. The first-order valence-electron chi connectivity index (χ1n) is 9.37. The van der Waals surface area contributed by atoms with Crippen LogP contribution in [0.5, 0.6) is 5.75 Å². The summed E-state index contributed by atoms with van der Waals surface area (Å²) in [5.74, 6) is -0.594. The second kappa shape index (κ2) is 11.4. The van der Waals surface area contributed by atoms with Crippen LogP contribution in [-0.2, 0) is 22.6 Å². The van der Waals surface area contributed by atoms with Gasteiger partial charge in [-0.15, -0.1) is 0 Å². The molecule has 0 aliphatic carbocycles. The van der Waals surface area contributed by atoms with Crippen LogP contribution in [0.25, 0.3) is 0 Å². The number of alkyl carbamates (subject to hydrolysis) is 1. The molecule has 3 rings (SSSR count). The molecule has 0 saturated heterocycles. The topological polar surface area (TPSA) is 129 Å². The third kappa shape index (κ3) is 6.92. The highest BCUT2D eigenvalue weighted by molar-refractivity contribution is 9.11. The van der Waals surface area contributed by atoms with E-state index in [2.05, 4.69) is 57.7 Å². The van der Waals surface area contributed by atoms with Gasteiger partial charge in [-0.2, -0.15) is 5.10 Å². The summed E-state index contributed by atoms with van der Waals surface area (Å²) in [7, 11) is 0. The number of nitrogens with zero attached hydrogens (tertiary/aromatic N) is 2. The summed E-state index contributed by atoms with van der Waals surface area (Å²) in [4.78, 5) is 31.7. The van der Waals surface area contributed by atoms with Crippen LogP contribution in [0.2, 0.25) is 0 Å². The first-order chi connectivity index (χ1) is 15.4. The number of rotatable bonds is 8. The van der Waals surface area contributed by atoms with E-state index in [9.17, 15) is 14.7 Å². The highest BCUT2D eigenvalue weighted by Crippen LogP contribution is 2.30. The van der Waals surface area contributed by atoms with Gasteiger partial charge in [0.2, 0.25) is 0 Å². The monoisotopic (exact) mass is 563 g/mol. The lowest BCUT2D eigenvalue weighted by molar-refractivity contribution is -0.123. The van der Waals surface area contributed by atoms with E-state index < -0.39 is 18.0 Å². The number of imidazole rings is 1. The number of hydrogen-bond acceptors (Lipinski definition) is 6. The molecule has 32 heavy (non-hydrogen) atoms. The molecule has 1 atom stereocenters. The van der Waals surface area contributed by atoms with E-state index in [4.69, 9.17) is 4.74 Å². The van der Waals surface area contributed by atoms with Crippen LogP contribution in [0.15, 0.2) is 69.0 Å². The lowest BCUT2D eigenvalue weighted by Gasteiger charge is -2.16. The Labute approximate surface area is 200 Å². The summed E-state index contributed by atoms with van der Waals surface area (Å²) in [6, 6.07) is 11.5. The van der Waals surface area contributed by atoms with Crippen molar-refractivity contribution in [3.05, 3.63) is 80.8 Å². The van der Waals surface area contributed by atoms with Crippen LogP contribution in [0.3, 0.4) is 0 Å². The number of carbonyl (C=O) groups excluding carboxylic acids is 2. The molecule has 0 bridgehead atoms. The van der Waals surface area contributed by atoms with Gasteiger partial charge in [-0.1, -0.05) is 46.3 Å². The Hall–Kier alpha value is -3.18. The van der Waals surface area contributed by atoms with Crippen molar-refractivity contribution in [2.45, 2.75) is 19.1 Å². The Morgan fingerprint density at radius 3 is 2.75 bits per heavy atom. The van der Waals surface area contributed by atoms with Gasteiger partial charge < -0.3 is 20.1 Å². The summed E-state index contributed by atoms with van der Waals surface area (Å²) >= 11 is 6.56. The Morgan fingerprint density at radius 1 is 1.25 bits per heavy atom. The number of hydrazone groups is 1. The largest absolute Gasteiger partial charge is 0.506 e. The van der Waals surface area contributed by atoms with E-state index >= 15 is 0 Å². The van der Waals surface area contributed by atoms with E-state index in [0.29, 0.717) is 15.7 Å². The molecular formula is C21H19Br2N5O4. The Balaban J connectivity index is 1.63. The summed E-state index contributed by atoms with van der Waals surface area (Å²) < 4.78 is 6.40. The number of phenols is 1. The Morgan fingerprint density at radius 2 is 2.03 bits per heavy atom. The summed E-state index contributed by atoms with van der Waals surface area (Å²) in [6.45, 7) is 0.0697. The molecule has 166 valence electrons. The maximum absolute atomic E-state index is 12.7. The average Bonchev–Trinajstić information content (AvgIpc) is 3.29. The van der Waals surface area contributed by atoms with Gasteiger partial charge in [0.05, 0.1) is 17.0 Å². The van der Waals surface area contributed by atoms with E-state index in [1.54, 1.807) is 18.3 Å². The van der Waals surface area contributed by atoms with Gasteiger partial charge in [0.25, 0.3) is 5.91 Å². The summed E-state index contributed by atoms with van der Waals surface area (Å²) in [5, 5.41) is 16.5. The number of aromatic amines is 1. The lowest BCUT2D eigenvalue weighted by atomic mass is 10.1. The zero-order chi connectivity index (χ0) is 22.9. The van der Waals surface area contributed by atoms with Crippen molar-refractivity contribution in [1.82, 2.24) is 20.7 Å². The molecule has 0 aliphatic rings. The molecule has 1 aromatic heterocycles. The zero-order valence-corrected chi connectivity index (χ0v) is 19.8. The lowest BCUT2D eigenvalue weighted by Crippen LogP contribution is -2.47. The minimum absolute atomic E-state index is 0.0252. The van der Waals surface area contributed by atoms with Crippen LogP contribution < -0.4 is 10.7 Å². The van der Waals surface area contributed by atoms with Crippen molar-refractivity contribution in [3.63, 3.8) is 0 Å². The molecule has 0 radical (unpaired) electrons. The third-order valence-electron chi connectivity index (χ3n) is 4.24. The second-order valence-electron chi connectivity index (χ2n) is 6.60. The smallest absolute Gasteiger partial charge is 0.408 e. The SMILES string of the molecule is O=C(N[C@H](Cc1cnc[nH]1)C(=O)N/N=C\c1cc(Br)cc(Br)c1O)OCc1ccccc1. The molecule has 0 spiro atoms. The third-order valence-corrected chi connectivity index (χ3v) is 5.30. The number of nitrogens with one attached hydrogen (secondary N) is 3. The molecule has 4 N–H and O–H groups in total. The van der Waals surface area contributed by atoms with Crippen molar-refractivity contribution in [2.24, 2.45) is 5.10 Å². The molecule has 0 saturated carbocycles. The maximum Gasteiger partial charge on any atom is 0.408 e. The van der Waals surface area contributed by atoms with Gasteiger partial charge in [-0.3, -0.25) is 4.79 Å². The molecule has 0 fully saturated rings. The van der Waals surface area contributed by atoms with E-state index in [1.807, 2.05) is 30.3 Å². The minimum Gasteiger partial charge on any atom is -0.506 e. The molecule has 1 heterocycles. The number of aromatic nitrogens is 2. The number of ether oxygens (including phenoxy) is 1. The Kier molecular flexibility index (Phi) is 8.40. The van der Waals surface area contributed by atoms with Crippen molar-refractivity contribution >= 4 is 50.1 Å². The number of H-pyrrole nitrogens is 1. The molecule has 0 aliphatic heterocycles. The predicted octanol–water partition coefficient (Wildman–Crippen LogP) is 3.63. The average molecular weight is 565 g/mol. The zero-order valence-electron chi connectivity index (χ0n) is 16.6. The summed E-state index contributed by atoms with van der Waals surface area (Å²) in [6.07, 6.45) is 3.73. The fourth-order valence-corrected chi connectivity index (χ4v) is 3.92. The number of hydrogen-bond donors (Lipinski definition) is 4. The van der Waals surface area contributed by atoms with Crippen LogP contribution >= 0.6 is 31.9 Å². The van der Waals surface area contributed by atoms with Crippen LogP contribution in [0, 0.1) is 0 Å². The van der Waals surface area contributed by atoms with Crippen LogP contribution in [-0.4, -0.2) is 39.3 Å². The van der Waals surface area contributed by atoms with Crippen molar-refractivity contribution < 1.29 is 19.4 Å². The second-order valence-corrected chi connectivity index (χ2v) is 8.37. The van der Waals surface area contributed by atoms with Gasteiger partial charge in [0.1, 0.15) is 18.4 Å². The predicted molar refractivity (Wildman–Crippen MR) is 125 cm³/mol. The van der Waals surface area contributed by atoms with Gasteiger partial charge in [0, 0.05) is 28.3 Å². The van der Waals surface area contributed by atoms with Crippen LogP contribution in [0.1, 0.15) is 16.8 Å². The highest BCUT2D eigenvalue weighted by atomic mass is 79.9. The van der Waals surface area contributed by atoms with Crippen molar-refractivity contribution in [2.75, 3.05) is 0 Å². The number of benzene rings is 2. The molecule has 9 nitrogen and oxygen atoms in total.